The van der Waals surface area contributed by atoms with Gasteiger partial charge in [0.2, 0.25) is 5.91 Å². The first-order valence-electron chi connectivity index (χ1n) is 8.37. The van der Waals surface area contributed by atoms with Crippen LogP contribution in [-0.4, -0.2) is 35.6 Å². The number of para-hydroxylation sites is 1. The van der Waals surface area contributed by atoms with E-state index in [1.807, 2.05) is 30.3 Å². The number of primary amides is 1. The van der Waals surface area contributed by atoms with E-state index in [0.717, 1.165) is 22.2 Å². The lowest BCUT2D eigenvalue weighted by molar-refractivity contribution is -0.127. The Bertz CT molecular complexity index is 943. The van der Waals surface area contributed by atoms with Crippen LogP contribution in [0.15, 0.2) is 53.4 Å². The average Bonchev–Trinajstić information content (AvgIpc) is 2.94. The molecule has 2 aromatic rings. The predicted molar refractivity (Wildman–Crippen MR) is 106 cm³/mol. The zero-order chi connectivity index (χ0) is 20.1. The number of hydrogen-bond acceptors (Lipinski definition) is 6. The van der Waals surface area contributed by atoms with Crippen LogP contribution in [0.25, 0.3) is 6.08 Å². The Balaban J connectivity index is 1.89. The van der Waals surface area contributed by atoms with Gasteiger partial charge < -0.3 is 15.2 Å². The molecule has 0 radical (unpaired) electrons. The van der Waals surface area contributed by atoms with Gasteiger partial charge in [0.15, 0.2) is 11.5 Å². The molecular formula is C20H18N2O5S. The lowest BCUT2D eigenvalue weighted by Crippen LogP contribution is -2.36. The van der Waals surface area contributed by atoms with Crippen LogP contribution in [0.4, 0.5) is 4.79 Å². The first kappa shape index (κ1) is 19.5. The SMILES string of the molecule is COc1cccc(/C=C2\SC(=O)N(CC(N)=O)C2=O)c1OCc1ccccc1. The summed E-state index contributed by atoms with van der Waals surface area (Å²) in [6.45, 7) is -0.136. The molecule has 144 valence electrons. The van der Waals surface area contributed by atoms with E-state index in [2.05, 4.69) is 0 Å². The number of nitrogens with two attached hydrogens (primary N) is 1. The van der Waals surface area contributed by atoms with E-state index in [0.29, 0.717) is 23.7 Å². The van der Waals surface area contributed by atoms with Crippen LogP contribution in [-0.2, 0) is 16.2 Å². The molecule has 0 atom stereocenters. The third-order valence-corrected chi connectivity index (χ3v) is 4.84. The van der Waals surface area contributed by atoms with Gasteiger partial charge in [0.1, 0.15) is 13.2 Å². The minimum atomic E-state index is -0.753. The number of methoxy groups -OCH3 is 1. The Labute approximate surface area is 166 Å². The number of hydrogen-bond donors (Lipinski definition) is 1. The van der Waals surface area contributed by atoms with Crippen molar-refractivity contribution in [3.63, 3.8) is 0 Å². The Kier molecular flexibility index (Phi) is 6.00. The number of nitrogens with zero attached hydrogens (tertiary/aromatic N) is 1. The summed E-state index contributed by atoms with van der Waals surface area (Å²) >= 11 is 0.750. The summed E-state index contributed by atoms with van der Waals surface area (Å²) in [7, 11) is 1.52. The molecule has 1 aliphatic rings. The van der Waals surface area contributed by atoms with Gasteiger partial charge in [0, 0.05) is 5.56 Å². The van der Waals surface area contributed by atoms with Crippen LogP contribution in [0.2, 0.25) is 0 Å². The fourth-order valence-corrected chi connectivity index (χ4v) is 3.45. The Morgan fingerprint density at radius 1 is 1.14 bits per heavy atom. The van der Waals surface area contributed by atoms with E-state index in [4.69, 9.17) is 15.2 Å². The van der Waals surface area contributed by atoms with Crippen molar-refractivity contribution in [1.82, 2.24) is 4.90 Å². The van der Waals surface area contributed by atoms with Crippen molar-refractivity contribution >= 4 is 34.9 Å². The molecule has 1 saturated heterocycles. The summed E-state index contributed by atoms with van der Waals surface area (Å²) in [5.74, 6) is -0.362. The topological polar surface area (TPSA) is 98.9 Å². The number of ether oxygens (including phenoxy) is 2. The summed E-state index contributed by atoms with van der Waals surface area (Å²) < 4.78 is 11.3. The summed E-state index contributed by atoms with van der Waals surface area (Å²) in [6, 6.07) is 14.9. The molecule has 0 saturated carbocycles. The fraction of sp³-hybridized carbons (Fsp3) is 0.150. The van der Waals surface area contributed by atoms with Crippen LogP contribution in [0.5, 0.6) is 11.5 Å². The maximum atomic E-state index is 12.4. The van der Waals surface area contributed by atoms with E-state index in [1.165, 1.54) is 7.11 Å². The normalized spacial score (nSPS) is 15.2. The zero-order valence-corrected chi connectivity index (χ0v) is 15.9. The van der Waals surface area contributed by atoms with Gasteiger partial charge in [-0.3, -0.25) is 19.3 Å². The largest absolute Gasteiger partial charge is 0.493 e. The molecule has 2 aromatic carbocycles. The molecule has 0 aromatic heterocycles. The van der Waals surface area contributed by atoms with Gasteiger partial charge in [-0.1, -0.05) is 42.5 Å². The van der Waals surface area contributed by atoms with Crippen LogP contribution in [0, 0.1) is 0 Å². The maximum absolute atomic E-state index is 12.4. The average molecular weight is 398 g/mol. The molecule has 3 rings (SSSR count). The second-order valence-electron chi connectivity index (χ2n) is 5.89. The van der Waals surface area contributed by atoms with Gasteiger partial charge in [0.05, 0.1) is 12.0 Å². The molecule has 1 fully saturated rings. The van der Waals surface area contributed by atoms with Crippen molar-refractivity contribution in [2.45, 2.75) is 6.61 Å². The lowest BCUT2D eigenvalue weighted by atomic mass is 10.1. The van der Waals surface area contributed by atoms with Gasteiger partial charge >= 0.3 is 0 Å². The number of imide groups is 1. The lowest BCUT2D eigenvalue weighted by Gasteiger charge is -2.14. The van der Waals surface area contributed by atoms with Crippen molar-refractivity contribution < 1.29 is 23.9 Å². The van der Waals surface area contributed by atoms with Crippen molar-refractivity contribution in [3.05, 3.63) is 64.6 Å². The highest BCUT2D eigenvalue weighted by Gasteiger charge is 2.36. The number of carbonyl (C=O) groups excluding carboxylic acids is 3. The Hall–Kier alpha value is -3.26. The molecule has 28 heavy (non-hydrogen) atoms. The van der Waals surface area contributed by atoms with E-state index < -0.39 is 23.6 Å². The molecule has 7 nitrogen and oxygen atoms in total. The van der Waals surface area contributed by atoms with Gasteiger partial charge in [-0.05, 0) is 29.5 Å². The molecule has 0 aliphatic carbocycles. The number of rotatable bonds is 7. The third kappa shape index (κ3) is 4.34. The molecule has 1 aliphatic heterocycles. The van der Waals surface area contributed by atoms with Gasteiger partial charge in [-0.25, -0.2) is 0 Å². The maximum Gasteiger partial charge on any atom is 0.294 e. The Morgan fingerprint density at radius 2 is 1.89 bits per heavy atom. The van der Waals surface area contributed by atoms with Crippen LogP contribution >= 0.6 is 11.8 Å². The molecule has 1 heterocycles. The minimum absolute atomic E-state index is 0.184. The summed E-state index contributed by atoms with van der Waals surface area (Å²) in [6.07, 6.45) is 1.55. The van der Waals surface area contributed by atoms with E-state index in [-0.39, 0.29) is 4.91 Å². The molecule has 0 spiro atoms. The molecular weight excluding hydrogens is 380 g/mol. The van der Waals surface area contributed by atoms with Crippen LogP contribution in [0.1, 0.15) is 11.1 Å². The standard InChI is InChI=1S/C20H18N2O5S/c1-26-15-9-5-8-14(18(15)27-12-13-6-3-2-4-7-13)10-16-19(24)22(11-17(21)23)20(25)28-16/h2-10H,11-12H2,1H3,(H2,21,23)/b16-10-. The monoisotopic (exact) mass is 398 g/mol. The smallest absolute Gasteiger partial charge is 0.294 e. The van der Waals surface area contributed by atoms with Gasteiger partial charge in [0.25, 0.3) is 11.1 Å². The minimum Gasteiger partial charge on any atom is -0.493 e. The zero-order valence-electron chi connectivity index (χ0n) is 15.1. The summed E-state index contributed by atoms with van der Waals surface area (Å²) in [4.78, 5) is 36.5. The molecule has 3 amide bonds. The highest BCUT2D eigenvalue weighted by molar-refractivity contribution is 8.18. The Morgan fingerprint density at radius 3 is 2.57 bits per heavy atom. The third-order valence-electron chi connectivity index (χ3n) is 3.93. The highest BCUT2D eigenvalue weighted by Crippen LogP contribution is 2.37. The first-order valence-corrected chi connectivity index (χ1v) is 9.18. The van der Waals surface area contributed by atoms with Crippen molar-refractivity contribution in [2.75, 3.05) is 13.7 Å². The summed E-state index contributed by atoms with van der Waals surface area (Å²) in [5, 5.41) is -0.537. The van der Waals surface area contributed by atoms with Crippen molar-refractivity contribution in [1.29, 1.82) is 0 Å². The van der Waals surface area contributed by atoms with Crippen molar-refractivity contribution in [2.24, 2.45) is 5.73 Å². The van der Waals surface area contributed by atoms with E-state index in [1.54, 1.807) is 24.3 Å². The number of amides is 3. The number of benzene rings is 2. The second-order valence-corrected chi connectivity index (χ2v) is 6.88. The molecule has 2 N–H and O–H groups in total. The van der Waals surface area contributed by atoms with E-state index in [9.17, 15) is 14.4 Å². The van der Waals surface area contributed by atoms with Crippen LogP contribution < -0.4 is 15.2 Å². The fourth-order valence-electron chi connectivity index (χ4n) is 2.62. The van der Waals surface area contributed by atoms with Crippen molar-refractivity contribution in [3.8, 4) is 11.5 Å². The summed E-state index contributed by atoms with van der Waals surface area (Å²) in [5.41, 5.74) is 6.66. The highest BCUT2D eigenvalue weighted by atomic mass is 32.2. The number of thioether (sulfide) groups is 1. The quantitative estimate of drug-likeness (QED) is 0.720. The van der Waals surface area contributed by atoms with Gasteiger partial charge in [-0.15, -0.1) is 0 Å². The predicted octanol–water partition coefficient (Wildman–Crippen LogP) is 2.80. The number of carbonyl (C=O) groups is 3. The molecule has 8 heteroatoms. The molecule has 0 unspecified atom stereocenters. The first-order chi connectivity index (χ1) is 13.5. The molecule has 0 bridgehead atoms. The van der Waals surface area contributed by atoms with Crippen LogP contribution in [0.3, 0.4) is 0 Å². The van der Waals surface area contributed by atoms with E-state index >= 15 is 0 Å². The van der Waals surface area contributed by atoms with Gasteiger partial charge in [-0.2, -0.15) is 0 Å². The second kappa shape index (κ2) is 8.62.